The molecule has 6 heteroatoms. The van der Waals surface area contributed by atoms with Crippen LogP contribution >= 0.6 is 24.0 Å². The van der Waals surface area contributed by atoms with Gasteiger partial charge in [0.1, 0.15) is 0 Å². The summed E-state index contributed by atoms with van der Waals surface area (Å²) in [5.74, 6) is 2.78. The van der Waals surface area contributed by atoms with E-state index in [4.69, 9.17) is 4.74 Å². The van der Waals surface area contributed by atoms with Crippen molar-refractivity contribution in [3.63, 3.8) is 0 Å². The summed E-state index contributed by atoms with van der Waals surface area (Å²) < 4.78 is 5.10. The summed E-state index contributed by atoms with van der Waals surface area (Å²) in [6.07, 6.45) is 6.63. The lowest BCUT2D eigenvalue weighted by atomic mass is 9.83. The smallest absolute Gasteiger partial charge is 0.193 e. The lowest BCUT2D eigenvalue weighted by Gasteiger charge is -2.31. The van der Waals surface area contributed by atoms with Crippen molar-refractivity contribution in [2.24, 2.45) is 16.8 Å². The Balaban J connectivity index is 0.00000529. The van der Waals surface area contributed by atoms with Crippen LogP contribution in [0.15, 0.2) is 4.99 Å². The van der Waals surface area contributed by atoms with Crippen molar-refractivity contribution >= 4 is 29.9 Å². The van der Waals surface area contributed by atoms with Gasteiger partial charge in [-0.15, -0.1) is 24.0 Å². The van der Waals surface area contributed by atoms with Crippen LogP contribution < -0.4 is 5.32 Å². The van der Waals surface area contributed by atoms with Crippen molar-refractivity contribution in [1.29, 1.82) is 0 Å². The predicted octanol–water partition coefficient (Wildman–Crippen LogP) is 2.91. The SMILES string of the molecule is CN=C(NCCCN(C)CCOC)N(C)CC1CCC(C)CC1.I. The summed E-state index contributed by atoms with van der Waals surface area (Å²) in [4.78, 5) is 9.04. The molecule has 24 heavy (non-hydrogen) atoms. The molecule has 0 bridgehead atoms. The third-order valence-corrected chi connectivity index (χ3v) is 4.92. The quantitative estimate of drug-likeness (QED) is 0.252. The van der Waals surface area contributed by atoms with Crippen LogP contribution in [0.5, 0.6) is 0 Å². The highest BCUT2D eigenvalue weighted by Gasteiger charge is 2.20. The summed E-state index contributed by atoms with van der Waals surface area (Å²) in [6, 6.07) is 0. The molecular formula is C18H39IN4O. The Bertz CT molecular complexity index is 333. The first kappa shape index (κ1) is 23.9. The highest BCUT2D eigenvalue weighted by atomic mass is 127. The molecule has 1 rings (SSSR count). The van der Waals surface area contributed by atoms with Crippen LogP contribution in [-0.2, 0) is 4.74 Å². The fourth-order valence-electron chi connectivity index (χ4n) is 3.28. The molecule has 1 fully saturated rings. The summed E-state index contributed by atoms with van der Waals surface area (Å²) in [5.41, 5.74) is 0. The first-order chi connectivity index (χ1) is 11.1. The van der Waals surface area contributed by atoms with Crippen LogP contribution in [0.1, 0.15) is 39.0 Å². The van der Waals surface area contributed by atoms with Crippen molar-refractivity contribution in [2.75, 3.05) is 61.0 Å². The Labute approximate surface area is 166 Å². The van der Waals surface area contributed by atoms with Crippen molar-refractivity contribution in [2.45, 2.75) is 39.0 Å². The van der Waals surface area contributed by atoms with Gasteiger partial charge < -0.3 is 19.9 Å². The molecule has 0 saturated heterocycles. The Kier molecular flexibility index (Phi) is 14.1. The van der Waals surface area contributed by atoms with Crippen LogP contribution in [0, 0.1) is 11.8 Å². The number of aliphatic imine (C=N–C) groups is 1. The van der Waals surface area contributed by atoms with E-state index in [0.29, 0.717) is 0 Å². The molecule has 1 saturated carbocycles. The van der Waals surface area contributed by atoms with Crippen LogP contribution in [0.2, 0.25) is 0 Å². The average molecular weight is 454 g/mol. The molecule has 0 heterocycles. The van der Waals surface area contributed by atoms with E-state index >= 15 is 0 Å². The zero-order valence-corrected chi connectivity index (χ0v) is 18.7. The Morgan fingerprint density at radius 1 is 1.17 bits per heavy atom. The van der Waals surface area contributed by atoms with Gasteiger partial charge in [0.25, 0.3) is 0 Å². The van der Waals surface area contributed by atoms with Gasteiger partial charge in [0.05, 0.1) is 6.61 Å². The minimum atomic E-state index is 0. The van der Waals surface area contributed by atoms with Crippen LogP contribution in [0.4, 0.5) is 0 Å². The Morgan fingerprint density at radius 3 is 2.42 bits per heavy atom. The second kappa shape index (κ2) is 14.1. The van der Waals surface area contributed by atoms with Crippen molar-refractivity contribution in [1.82, 2.24) is 15.1 Å². The van der Waals surface area contributed by atoms with E-state index in [1.54, 1.807) is 7.11 Å². The number of hydrogen-bond donors (Lipinski definition) is 1. The molecule has 0 unspecified atom stereocenters. The van der Waals surface area contributed by atoms with E-state index < -0.39 is 0 Å². The first-order valence-corrected chi connectivity index (χ1v) is 9.16. The van der Waals surface area contributed by atoms with E-state index in [1.165, 1.54) is 25.7 Å². The topological polar surface area (TPSA) is 40.1 Å². The second-order valence-corrected chi connectivity index (χ2v) is 7.13. The highest BCUT2D eigenvalue weighted by Crippen LogP contribution is 2.28. The van der Waals surface area contributed by atoms with Gasteiger partial charge in [-0.3, -0.25) is 4.99 Å². The summed E-state index contributed by atoms with van der Waals surface area (Å²) >= 11 is 0. The number of nitrogens with one attached hydrogen (secondary N) is 1. The molecular weight excluding hydrogens is 415 g/mol. The third-order valence-electron chi connectivity index (χ3n) is 4.92. The fraction of sp³-hybridized carbons (Fsp3) is 0.944. The molecule has 1 N–H and O–H groups in total. The third kappa shape index (κ3) is 10.0. The van der Waals surface area contributed by atoms with Crippen LogP contribution in [-0.4, -0.2) is 76.8 Å². The number of hydrogen-bond acceptors (Lipinski definition) is 3. The Hall–Kier alpha value is -0.0800. The maximum absolute atomic E-state index is 5.10. The van der Waals surface area contributed by atoms with Gasteiger partial charge in [-0.1, -0.05) is 19.8 Å². The van der Waals surface area contributed by atoms with Gasteiger partial charge in [-0.05, 0) is 44.7 Å². The molecule has 0 aromatic carbocycles. The van der Waals surface area contributed by atoms with E-state index in [9.17, 15) is 0 Å². The minimum absolute atomic E-state index is 0. The molecule has 0 amide bonds. The number of ether oxygens (including phenoxy) is 1. The fourth-order valence-corrected chi connectivity index (χ4v) is 3.28. The molecule has 5 nitrogen and oxygen atoms in total. The van der Waals surface area contributed by atoms with E-state index in [0.717, 1.165) is 57.0 Å². The van der Waals surface area contributed by atoms with Gasteiger partial charge >= 0.3 is 0 Å². The zero-order valence-electron chi connectivity index (χ0n) is 16.4. The molecule has 0 atom stereocenters. The standard InChI is InChI=1S/C18H38N4O.HI/c1-16-7-9-17(10-8-16)15-22(4)18(19-2)20-11-6-12-21(3)13-14-23-5;/h16-17H,6-15H2,1-5H3,(H,19,20);1H. The molecule has 0 radical (unpaired) electrons. The monoisotopic (exact) mass is 454 g/mol. The van der Waals surface area contributed by atoms with Gasteiger partial charge in [0.2, 0.25) is 0 Å². The van der Waals surface area contributed by atoms with E-state index in [1.807, 2.05) is 7.05 Å². The summed E-state index contributed by atoms with van der Waals surface area (Å²) in [7, 11) is 7.94. The molecule has 144 valence electrons. The maximum Gasteiger partial charge on any atom is 0.193 e. The molecule has 0 aromatic rings. The molecule has 1 aliphatic carbocycles. The molecule has 1 aliphatic rings. The molecule has 0 aromatic heterocycles. The summed E-state index contributed by atoms with van der Waals surface area (Å²) in [5, 5.41) is 3.50. The van der Waals surface area contributed by atoms with Gasteiger partial charge in [0.15, 0.2) is 5.96 Å². The minimum Gasteiger partial charge on any atom is -0.383 e. The molecule has 0 aliphatic heterocycles. The lowest BCUT2D eigenvalue weighted by molar-refractivity contribution is 0.161. The number of methoxy groups -OCH3 is 1. The van der Waals surface area contributed by atoms with Gasteiger partial charge in [-0.25, -0.2) is 0 Å². The Morgan fingerprint density at radius 2 is 1.83 bits per heavy atom. The second-order valence-electron chi connectivity index (χ2n) is 7.13. The van der Waals surface area contributed by atoms with Crippen molar-refractivity contribution in [3.8, 4) is 0 Å². The zero-order chi connectivity index (χ0) is 17.1. The first-order valence-electron chi connectivity index (χ1n) is 9.16. The number of rotatable bonds is 9. The van der Waals surface area contributed by atoms with Crippen LogP contribution in [0.25, 0.3) is 0 Å². The lowest BCUT2D eigenvalue weighted by Crippen LogP contribution is -2.42. The highest BCUT2D eigenvalue weighted by molar-refractivity contribution is 14.0. The number of halogens is 1. The van der Waals surface area contributed by atoms with Crippen molar-refractivity contribution < 1.29 is 4.74 Å². The van der Waals surface area contributed by atoms with Crippen molar-refractivity contribution in [3.05, 3.63) is 0 Å². The normalized spacial score (nSPS) is 21.5. The summed E-state index contributed by atoms with van der Waals surface area (Å²) in [6.45, 7) is 7.34. The molecule has 0 spiro atoms. The number of likely N-dealkylation sites (N-methyl/N-ethyl adjacent to an activating group) is 1. The average Bonchev–Trinajstić information content (AvgIpc) is 2.55. The number of guanidine groups is 1. The largest absolute Gasteiger partial charge is 0.383 e. The van der Waals surface area contributed by atoms with Crippen LogP contribution in [0.3, 0.4) is 0 Å². The number of nitrogens with zero attached hydrogens (tertiary/aromatic N) is 3. The van der Waals surface area contributed by atoms with E-state index in [-0.39, 0.29) is 24.0 Å². The van der Waals surface area contributed by atoms with Gasteiger partial charge in [-0.2, -0.15) is 0 Å². The van der Waals surface area contributed by atoms with E-state index in [2.05, 4.69) is 41.1 Å². The maximum atomic E-state index is 5.10. The van der Waals surface area contributed by atoms with Gasteiger partial charge in [0, 0.05) is 40.8 Å². The predicted molar refractivity (Wildman–Crippen MR) is 115 cm³/mol.